The zero-order valence-corrected chi connectivity index (χ0v) is 15.0. The van der Waals surface area contributed by atoms with E-state index in [2.05, 4.69) is 78.2 Å². The van der Waals surface area contributed by atoms with Gasteiger partial charge >= 0.3 is 0 Å². The molecule has 126 valence electrons. The third-order valence-electron chi connectivity index (χ3n) is 4.85. The molecule has 0 aliphatic rings. The van der Waals surface area contributed by atoms with Gasteiger partial charge < -0.3 is 4.98 Å². The summed E-state index contributed by atoms with van der Waals surface area (Å²) in [5.41, 5.74) is 5.92. The molecular formula is C22H23N3. The van der Waals surface area contributed by atoms with Crippen molar-refractivity contribution in [1.29, 1.82) is 0 Å². The van der Waals surface area contributed by atoms with Crippen LogP contribution < -0.4 is 0 Å². The van der Waals surface area contributed by atoms with Crippen molar-refractivity contribution < 1.29 is 0 Å². The number of nitrogens with one attached hydrogen (secondary N) is 1. The Morgan fingerprint density at radius 2 is 1.84 bits per heavy atom. The number of rotatable bonds is 4. The Morgan fingerprint density at radius 3 is 2.68 bits per heavy atom. The maximum absolute atomic E-state index is 4.66. The number of pyridine rings is 1. The Hall–Kier alpha value is -2.68. The zero-order valence-electron chi connectivity index (χ0n) is 15.0. The first-order chi connectivity index (χ1) is 12.1. The third kappa shape index (κ3) is 3.14. The van der Waals surface area contributed by atoms with Gasteiger partial charge in [0.25, 0.3) is 0 Å². The normalized spacial score (nSPS) is 13.0. The van der Waals surface area contributed by atoms with Crippen molar-refractivity contribution in [3.8, 4) is 0 Å². The maximum Gasteiger partial charge on any atom is 0.109 e. The minimum atomic E-state index is 0.417. The van der Waals surface area contributed by atoms with E-state index in [1.165, 1.54) is 16.5 Å². The number of hydrogen-bond donors (Lipinski definition) is 1. The molecule has 0 saturated carbocycles. The molecule has 0 amide bonds. The minimum Gasteiger partial charge on any atom is -0.342 e. The summed E-state index contributed by atoms with van der Waals surface area (Å²) in [6, 6.07) is 17.3. The molecule has 2 aromatic heterocycles. The van der Waals surface area contributed by atoms with Crippen LogP contribution >= 0.6 is 0 Å². The second-order valence-corrected chi connectivity index (χ2v) is 7.19. The molecule has 1 unspecified atom stereocenters. The second kappa shape index (κ2) is 6.32. The Labute approximate surface area is 148 Å². The lowest BCUT2D eigenvalue weighted by molar-refractivity contribution is 0.760. The molecule has 4 rings (SSSR count). The van der Waals surface area contributed by atoms with Gasteiger partial charge in [-0.2, -0.15) is 0 Å². The predicted molar refractivity (Wildman–Crippen MR) is 104 cm³/mol. The van der Waals surface area contributed by atoms with Crippen molar-refractivity contribution in [3.63, 3.8) is 0 Å². The average molecular weight is 329 g/mol. The van der Waals surface area contributed by atoms with Gasteiger partial charge in [0.15, 0.2) is 0 Å². The van der Waals surface area contributed by atoms with Crippen molar-refractivity contribution in [2.75, 3.05) is 0 Å². The van der Waals surface area contributed by atoms with Gasteiger partial charge in [0.1, 0.15) is 5.82 Å². The maximum atomic E-state index is 4.66. The molecule has 3 heteroatoms. The van der Waals surface area contributed by atoms with Gasteiger partial charge in [0.05, 0.1) is 16.6 Å². The third-order valence-corrected chi connectivity index (χ3v) is 4.85. The molecule has 0 aliphatic carbocycles. The van der Waals surface area contributed by atoms with Crippen LogP contribution in [0, 0.1) is 0 Å². The number of aromatic nitrogens is 3. The predicted octanol–water partition coefficient (Wildman–Crippen LogP) is 5.58. The largest absolute Gasteiger partial charge is 0.342 e. The van der Waals surface area contributed by atoms with Crippen LogP contribution in [0.2, 0.25) is 0 Å². The smallest absolute Gasteiger partial charge is 0.109 e. The van der Waals surface area contributed by atoms with Crippen LogP contribution in [0.4, 0.5) is 0 Å². The average Bonchev–Trinajstić information content (AvgIpc) is 3.05. The summed E-state index contributed by atoms with van der Waals surface area (Å²) in [5, 5.41) is 1.19. The molecule has 2 aromatic carbocycles. The second-order valence-electron chi connectivity index (χ2n) is 7.19. The molecule has 4 aromatic rings. The fraction of sp³-hybridized carbons (Fsp3) is 0.273. The zero-order chi connectivity index (χ0) is 17.4. The van der Waals surface area contributed by atoms with E-state index < -0.39 is 0 Å². The van der Waals surface area contributed by atoms with E-state index in [0.29, 0.717) is 11.8 Å². The standard InChI is InChI=1S/C22H23N3/c1-14(2)22-24-19-9-6-16(12-21(19)25-22)11-15(3)18-8-7-17-5-4-10-23-20(17)13-18/h4-10,12-15H,11H2,1-3H3,(H,24,25). The van der Waals surface area contributed by atoms with Gasteiger partial charge in [0.2, 0.25) is 0 Å². The molecule has 0 fully saturated rings. The summed E-state index contributed by atoms with van der Waals surface area (Å²) in [6.07, 6.45) is 2.86. The van der Waals surface area contributed by atoms with Gasteiger partial charge in [-0.25, -0.2) is 4.98 Å². The van der Waals surface area contributed by atoms with Gasteiger partial charge in [-0.3, -0.25) is 4.98 Å². The van der Waals surface area contributed by atoms with Crippen LogP contribution in [0.3, 0.4) is 0 Å². The van der Waals surface area contributed by atoms with Gasteiger partial charge in [-0.1, -0.05) is 45.0 Å². The summed E-state index contributed by atoms with van der Waals surface area (Å²) in [4.78, 5) is 12.6. The molecule has 0 bridgehead atoms. The van der Waals surface area contributed by atoms with E-state index in [1.807, 2.05) is 12.3 Å². The Kier molecular flexibility index (Phi) is 4.00. The van der Waals surface area contributed by atoms with Crippen LogP contribution in [-0.2, 0) is 6.42 Å². The highest BCUT2D eigenvalue weighted by atomic mass is 14.9. The summed E-state index contributed by atoms with van der Waals surface area (Å²) >= 11 is 0. The van der Waals surface area contributed by atoms with Crippen LogP contribution in [0.5, 0.6) is 0 Å². The molecule has 0 saturated heterocycles. The summed E-state index contributed by atoms with van der Waals surface area (Å²) in [6.45, 7) is 6.60. The van der Waals surface area contributed by atoms with E-state index in [1.54, 1.807) is 0 Å². The van der Waals surface area contributed by atoms with Crippen LogP contribution in [-0.4, -0.2) is 15.0 Å². The highest BCUT2D eigenvalue weighted by molar-refractivity contribution is 5.79. The van der Waals surface area contributed by atoms with Gasteiger partial charge in [-0.15, -0.1) is 0 Å². The molecular weight excluding hydrogens is 306 g/mol. The van der Waals surface area contributed by atoms with Crippen LogP contribution in [0.1, 0.15) is 49.6 Å². The van der Waals surface area contributed by atoms with Crippen molar-refractivity contribution >= 4 is 21.9 Å². The summed E-state index contributed by atoms with van der Waals surface area (Å²) in [7, 11) is 0. The summed E-state index contributed by atoms with van der Waals surface area (Å²) < 4.78 is 0. The minimum absolute atomic E-state index is 0.417. The first-order valence-corrected chi connectivity index (χ1v) is 8.93. The molecule has 2 heterocycles. The molecule has 0 radical (unpaired) electrons. The lowest BCUT2D eigenvalue weighted by Crippen LogP contribution is -1.99. The summed E-state index contributed by atoms with van der Waals surface area (Å²) in [5.74, 6) is 1.91. The number of imidazole rings is 1. The fourth-order valence-electron chi connectivity index (χ4n) is 3.34. The number of hydrogen-bond acceptors (Lipinski definition) is 2. The molecule has 0 spiro atoms. The van der Waals surface area contributed by atoms with Crippen LogP contribution in [0.15, 0.2) is 54.7 Å². The molecule has 1 atom stereocenters. The Morgan fingerprint density at radius 1 is 0.960 bits per heavy atom. The topological polar surface area (TPSA) is 41.6 Å². The number of aromatic amines is 1. The van der Waals surface area contributed by atoms with E-state index in [4.69, 9.17) is 0 Å². The highest BCUT2D eigenvalue weighted by Gasteiger charge is 2.11. The first-order valence-electron chi connectivity index (χ1n) is 8.93. The van der Waals surface area contributed by atoms with Gasteiger partial charge in [0, 0.05) is 17.5 Å². The quantitative estimate of drug-likeness (QED) is 0.531. The SMILES string of the molecule is CC(C)c1nc2ccc(CC(C)c3ccc4cccnc4c3)cc2[nH]1. The number of H-pyrrole nitrogens is 1. The first kappa shape index (κ1) is 15.8. The van der Waals surface area contributed by atoms with Crippen molar-refractivity contribution in [2.24, 2.45) is 0 Å². The monoisotopic (exact) mass is 329 g/mol. The Bertz CT molecular complexity index is 1030. The van der Waals surface area contributed by atoms with E-state index in [-0.39, 0.29) is 0 Å². The molecule has 25 heavy (non-hydrogen) atoms. The number of fused-ring (bicyclic) bond motifs is 2. The number of nitrogens with zero attached hydrogens (tertiary/aromatic N) is 2. The lowest BCUT2D eigenvalue weighted by atomic mass is 9.93. The van der Waals surface area contributed by atoms with Crippen LogP contribution in [0.25, 0.3) is 21.9 Å². The van der Waals surface area contributed by atoms with Crippen molar-refractivity contribution in [3.05, 3.63) is 71.7 Å². The lowest BCUT2D eigenvalue weighted by Gasteiger charge is -2.13. The van der Waals surface area contributed by atoms with E-state index >= 15 is 0 Å². The van der Waals surface area contributed by atoms with Gasteiger partial charge in [-0.05, 0) is 47.7 Å². The van der Waals surface area contributed by atoms with Crippen molar-refractivity contribution in [2.45, 2.75) is 39.0 Å². The van der Waals surface area contributed by atoms with Crippen molar-refractivity contribution in [1.82, 2.24) is 15.0 Å². The molecule has 3 nitrogen and oxygen atoms in total. The highest BCUT2D eigenvalue weighted by Crippen LogP contribution is 2.25. The molecule has 0 aliphatic heterocycles. The number of benzene rings is 2. The van der Waals surface area contributed by atoms with E-state index in [9.17, 15) is 0 Å². The Balaban J connectivity index is 1.60. The molecule has 1 N–H and O–H groups in total. The van der Waals surface area contributed by atoms with E-state index in [0.717, 1.165) is 28.8 Å². The fourth-order valence-corrected chi connectivity index (χ4v) is 3.34.